The van der Waals surface area contributed by atoms with Gasteiger partial charge in [0.15, 0.2) is 0 Å². The normalized spacial score (nSPS) is 13.5. The van der Waals surface area contributed by atoms with Gasteiger partial charge < -0.3 is 4.74 Å². The molecule has 0 aromatic heterocycles. The third-order valence-electron chi connectivity index (χ3n) is 2.74. The SMILES string of the molecule is CC(C)C(C)OC(=O)c1ccc(F)cc1C(F)(F)F. The summed E-state index contributed by atoms with van der Waals surface area (Å²) in [5.74, 6) is -2.19. The van der Waals surface area contributed by atoms with Crippen LogP contribution in [0.3, 0.4) is 0 Å². The molecule has 0 bridgehead atoms. The average Bonchev–Trinajstić information content (AvgIpc) is 2.27. The number of rotatable bonds is 3. The molecule has 1 aromatic carbocycles. The molecule has 0 aliphatic carbocycles. The number of halogens is 4. The van der Waals surface area contributed by atoms with Crippen LogP contribution in [-0.4, -0.2) is 12.1 Å². The second kappa shape index (κ2) is 5.59. The minimum Gasteiger partial charge on any atom is -0.459 e. The number of carbonyl (C=O) groups is 1. The van der Waals surface area contributed by atoms with E-state index < -0.39 is 35.2 Å². The molecule has 106 valence electrons. The first-order valence-electron chi connectivity index (χ1n) is 5.70. The van der Waals surface area contributed by atoms with E-state index in [4.69, 9.17) is 4.74 Å². The van der Waals surface area contributed by atoms with Crippen molar-refractivity contribution in [3.05, 3.63) is 35.1 Å². The molecule has 0 amide bonds. The topological polar surface area (TPSA) is 26.3 Å². The van der Waals surface area contributed by atoms with Gasteiger partial charge in [-0.15, -0.1) is 0 Å². The quantitative estimate of drug-likeness (QED) is 0.616. The van der Waals surface area contributed by atoms with Crippen molar-refractivity contribution in [2.24, 2.45) is 5.92 Å². The van der Waals surface area contributed by atoms with Crippen LogP contribution in [0.4, 0.5) is 17.6 Å². The molecule has 0 saturated heterocycles. The van der Waals surface area contributed by atoms with Crippen LogP contribution in [-0.2, 0) is 10.9 Å². The Hall–Kier alpha value is -1.59. The van der Waals surface area contributed by atoms with Crippen LogP contribution in [0.2, 0.25) is 0 Å². The minimum absolute atomic E-state index is 0.0289. The van der Waals surface area contributed by atoms with E-state index in [2.05, 4.69) is 0 Å². The van der Waals surface area contributed by atoms with Crippen LogP contribution < -0.4 is 0 Å². The van der Waals surface area contributed by atoms with Crippen molar-refractivity contribution in [2.45, 2.75) is 33.1 Å². The summed E-state index contributed by atoms with van der Waals surface area (Å²) in [6.07, 6.45) is -5.34. The number of hydrogen-bond donors (Lipinski definition) is 0. The van der Waals surface area contributed by atoms with Crippen LogP contribution in [0.25, 0.3) is 0 Å². The van der Waals surface area contributed by atoms with Gasteiger partial charge in [0.2, 0.25) is 0 Å². The summed E-state index contributed by atoms with van der Waals surface area (Å²) in [6.45, 7) is 5.12. The van der Waals surface area contributed by atoms with E-state index in [-0.39, 0.29) is 12.0 Å². The third kappa shape index (κ3) is 3.94. The van der Waals surface area contributed by atoms with E-state index in [1.165, 1.54) is 0 Å². The summed E-state index contributed by atoms with van der Waals surface area (Å²) in [5.41, 5.74) is -2.00. The lowest BCUT2D eigenvalue weighted by Crippen LogP contribution is -2.22. The molecule has 1 rings (SSSR count). The van der Waals surface area contributed by atoms with Gasteiger partial charge in [0, 0.05) is 0 Å². The second-order valence-electron chi connectivity index (χ2n) is 4.54. The van der Waals surface area contributed by atoms with Gasteiger partial charge in [0.25, 0.3) is 0 Å². The Balaban J connectivity index is 3.10. The zero-order chi connectivity index (χ0) is 14.8. The third-order valence-corrected chi connectivity index (χ3v) is 2.74. The molecule has 0 saturated carbocycles. The number of benzene rings is 1. The van der Waals surface area contributed by atoms with E-state index in [1.807, 2.05) is 0 Å². The van der Waals surface area contributed by atoms with Crippen molar-refractivity contribution in [3.8, 4) is 0 Å². The maximum atomic E-state index is 12.9. The van der Waals surface area contributed by atoms with Gasteiger partial charge in [-0.1, -0.05) is 13.8 Å². The molecule has 0 aliphatic heterocycles. The first kappa shape index (κ1) is 15.5. The van der Waals surface area contributed by atoms with E-state index in [1.54, 1.807) is 20.8 Å². The molecule has 0 fully saturated rings. The summed E-state index contributed by atoms with van der Waals surface area (Å²) >= 11 is 0. The number of esters is 1. The lowest BCUT2D eigenvalue weighted by Gasteiger charge is -2.18. The second-order valence-corrected chi connectivity index (χ2v) is 4.54. The molecule has 1 aromatic rings. The summed E-state index contributed by atoms with van der Waals surface area (Å²) in [7, 11) is 0. The highest BCUT2D eigenvalue weighted by Gasteiger charge is 2.36. The van der Waals surface area contributed by atoms with Crippen molar-refractivity contribution in [2.75, 3.05) is 0 Å². The van der Waals surface area contributed by atoms with Gasteiger partial charge in [0.05, 0.1) is 11.1 Å². The smallest absolute Gasteiger partial charge is 0.417 e. The average molecular weight is 278 g/mol. The fraction of sp³-hybridized carbons (Fsp3) is 0.462. The Labute approximate surface area is 108 Å². The summed E-state index contributed by atoms with van der Waals surface area (Å²) < 4.78 is 55.9. The lowest BCUT2D eigenvalue weighted by molar-refractivity contribution is -0.138. The number of ether oxygens (including phenoxy) is 1. The molecule has 6 heteroatoms. The molecule has 0 heterocycles. The van der Waals surface area contributed by atoms with Crippen LogP contribution in [0.1, 0.15) is 36.7 Å². The molecule has 0 aliphatic rings. The van der Waals surface area contributed by atoms with Gasteiger partial charge in [0.1, 0.15) is 11.9 Å². The van der Waals surface area contributed by atoms with E-state index in [0.29, 0.717) is 0 Å². The predicted molar refractivity (Wildman–Crippen MR) is 61.1 cm³/mol. The van der Waals surface area contributed by atoms with Gasteiger partial charge in [-0.25, -0.2) is 9.18 Å². The summed E-state index contributed by atoms with van der Waals surface area (Å²) in [4.78, 5) is 11.7. The van der Waals surface area contributed by atoms with Crippen molar-refractivity contribution in [3.63, 3.8) is 0 Å². The van der Waals surface area contributed by atoms with Gasteiger partial charge >= 0.3 is 12.1 Å². The highest BCUT2D eigenvalue weighted by molar-refractivity contribution is 5.91. The van der Waals surface area contributed by atoms with Crippen molar-refractivity contribution >= 4 is 5.97 Å². The van der Waals surface area contributed by atoms with Crippen LogP contribution in [0.15, 0.2) is 18.2 Å². The molecule has 1 unspecified atom stereocenters. The van der Waals surface area contributed by atoms with Crippen molar-refractivity contribution in [1.82, 2.24) is 0 Å². The van der Waals surface area contributed by atoms with Crippen molar-refractivity contribution in [1.29, 1.82) is 0 Å². The predicted octanol–water partition coefficient (Wildman–Crippen LogP) is 4.05. The number of carbonyl (C=O) groups excluding carboxylic acids is 1. The lowest BCUT2D eigenvalue weighted by atomic mass is 10.1. The Morgan fingerprint density at radius 2 is 1.79 bits per heavy atom. The highest BCUT2D eigenvalue weighted by atomic mass is 19.4. The van der Waals surface area contributed by atoms with E-state index in [0.717, 1.165) is 12.1 Å². The summed E-state index contributed by atoms with van der Waals surface area (Å²) in [5, 5.41) is 0. The first-order valence-corrected chi connectivity index (χ1v) is 5.70. The van der Waals surface area contributed by atoms with Crippen LogP contribution >= 0.6 is 0 Å². The Morgan fingerprint density at radius 3 is 2.26 bits per heavy atom. The van der Waals surface area contributed by atoms with E-state index >= 15 is 0 Å². The Bertz CT molecular complexity index is 466. The maximum Gasteiger partial charge on any atom is 0.417 e. The maximum absolute atomic E-state index is 12.9. The number of alkyl halides is 3. The fourth-order valence-corrected chi connectivity index (χ4v) is 1.30. The Kier molecular flexibility index (Phi) is 4.55. The van der Waals surface area contributed by atoms with Gasteiger partial charge in [-0.3, -0.25) is 0 Å². The molecule has 0 spiro atoms. The van der Waals surface area contributed by atoms with E-state index in [9.17, 15) is 22.4 Å². The molecule has 19 heavy (non-hydrogen) atoms. The minimum atomic E-state index is -4.81. The number of hydrogen-bond acceptors (Lipinski definition) is 2. The van der Waals surface area contributed by atoms with Gasteiger partial charge in [-0.2, -0.15) is 13.2 Å². The fourth-order valence-electron chi connectivity index (χ4n) is 1.30. The standard InChI is InChI=1S/C13H14F4O2/c1-7(2)8(3)19-12(18)10-5-4-9(14)6-11(10)13(15,16)17/h4-8H,1-3H3. The molecule has 0 radical (unpaired) electrons. The van der Waals surface area contributed by atoms with Gasteiger partial charge in [-0.05, 0) is 31.0 Å². The monoisotopic (exact) mass is 278 g/mol. The van der Waals surface area contributed by atoms with Crippen LogP contribution in [0.5, 0.6) is 0 Å². The molecular formula is C13H14F4O2. The zero-order valence-electron chi connectivity index (χ0n) is 10.7. The molecule has 2 nitrogen and oxygen atoms in total. The zero-order valence-corrected chi connectivity index (χ0v) is 10.7. The van der Waals surface area contributed by atoms with Crippen molar-refractivity contribution < 1.29 is 27.1 Å². The first-order chi connectivity index (χ1) is 8.62. The molecular weight excluding hydrogens is 264 g/mol. The molecule has 1 atom stereocenters. The largest absolute Gasteiger partial charge is 0.459 e. The van der Waals surface area contributed by atoms with Crippen LogP contribution in [0, 0.1) is 11.7 Å². The highest BCUT2D eigenvalue weighted by Crippen LogP contribution is 2.33. The molecule has 0 N–H and O–H groups in total. The summed E-state index contributed by atoms with van der Waals surface area (Å²) in [6, 6.07) is 1.87. The Morgan fingerprint density at radius 1 is 1.21 bits per heavy atom.